The number of carbonyl (C=O) groups is 2. The predicted molar refractivity (Wildman–Crippen MR) is 120 cm³/mol. The van der Waals surface area contributed by atoms with E-state index in [0.29, 0.717) is 38.4 Å². The zero-order valence-corrected chi connectivity index (χ0v) is 18.4. The first kappa shape index (κ1) is 20.6. The van der Waals surface area contributed by atoms with E-state index in [1.807, 2.05) is 25.1 Å². The standard InChI is InChI=1S/C20H17BrN2O3S2/c1-3-23(2)19(25)14-6-4-5-7-16(14)26-15-9-8-13(21)10-12(15)11-17-18(24)22-20(27)28-17/h4-11H,3H2,1-2H3,(H,22,24,27). The molecule has 28 heavy (non-hydrogen) atoms. The van der Waals surface area contributed by atoms with Crippen LogP contribution in [0.5, 0.6) is 11.5 Å². The van der Waals surface area contributed by atoms with Crippen LogP contribution < -0.4 is 10.1 Å². The summed E-state index contributed by atoms with van der Waals surface area (Å²) in [6.07, 6.45) is 1.72. The molecule has 2 amide bonds. The van der Waals surface area contributed by atoms with Gasteiger partial charge in [-0.2, -0.15) is 0 Å². The third-order valence-electron chi connectivity index (χ3n) is 4.06. The topological polar surface area (TPSA) is 58.6 Å². The molecule has 3 rings (SSSR count). The number of ether oxygens (including phenoxy) is 1. The summed E-state index contributed by atoms with van der Waals surface area (Å²) in [6.45, 7) is 2.50. The summed E-state index contributed by atoms with van der Waals surface area (Å²) >= 11 is 9.69. The Balaban J connectivity index is 1.99. The Morgan fingerprint density at radius 1 is 1.29 bits per heavy atom. The van der Waals surface area contributed by atoms with Gasteiger partial charge < -0.3 is 15.0 Å². The van der Waals surface area contributed by atoms with Crippen LogP contribution in [0.15, 0.2) is 51.8 Å². The van der Waals surface area contributed by atoms with Crippen molar-refractivity contribution in [2.75, 3.05) is 13.6 Å². The van der Waals surface area contributed by atoms with Gasteiger partial charge >= 0.3 is 0 Å². The molecule has 0 bridgehead atoms. The van der Waals surface area contributed by atoms with E-state index >= 15 is 0 Å². The van der Waals surface area contributed by atoms with Crippen molar-refractivity contribution in [3.05, 3.63) is 63.0 Å². The Hall–Kier alpha value is -2.16. The van der Waals surface area contributed by atoms with Gasteiger partial charge in [0.05, 0.1) is 10.5 Å². The first-order chi connectivity index (χ1) is 13.4. The summed E-state index contributed by atoms with van der Waals surface area (Å²) in [5.74, 6) is 0.627. The largest absolute Gasteiger partial charge is 0.456 e. The first-order valence-corrected chi connectivity index (χ1v) is 10.5. The Morgan fingerprint density at radius 3 is 2.71 bits per heavy atom. The number of halogens is 1. The highest BCUT2D eigenvalue weighted by Crippen LogP contribution is 2.34. The average molecular weight is 477 g/mol. The molecule has 0 saturated carbocycles. The van der Waals surface area contributed by atoms with Crippen LogP contribution in [0.25, 0.3) is 6.08 Å². The van der Waals surface area contributed by atoms with Gasteiger partial charge in [-0.3, -0.25) is 9.59 Å². The fourth-order valence-corrected chi connectivity index (χ4v) is 3.90. The lowest BCUT2D eigenvalue weighted by Gasteiger charge is -2.18. The van der Waals surface area contributed by atoms with Crippen LogP contribution in [0.1, 0.15) is 22.8 Å². The van der Waals surface area contributed by atoms with Gasteiger partial charge in [-0.15, -0.1) is 0 Å². The summed E-state index contributed by atoms with van der Waals surface area (Å²) in [7, 11) is 1.74. The molecule has 5 nitrogen and oxygen atoms in total. The van der Waals surface area contributed by atoms with Crippen molar-refractivity contribution in [3.8, 4) is 11.5 Å². The van der Waals surface area contributed by atoms with Crippen molar-refractivity contribution >= 4 is 62.1 Å². The molecule has 1 aliphatic rings. The van der Waals surface area contributed by atoms with Crippen molar-refractivity contribution < 1.29 is 14.3 Å². The van der Waals surface area contributed by atoms with Crippen LogP contribution in [0.2, 0.25) is 0 Å². The second kappa shape index (κ2) is 8.89. The van der Waals surface area contributed by atoms with Gasteiger partial charge in [0.2, 0.25) is 0 Å². The third-order valence-corrected chi connectivity index (χ3v) is 5.71. The number of hydrogen-bond donors (Lipinski definition) is 1. The Bertz CT molecular complexity index is 991. The molecule has 1 saturated heterocycles. The number of hydrogen-bond acceptors (Lipinski definition) is 5. The summed E-state index contributed by atoms with van der Waals surface area (Å²) < 4.78 is 7.36. The average Bonchev–Trinajstić information content (AvgIpc) is 3.00. The van der Waals surface area contributed by atoms with Crippen molar-refractivity contribution in [2.45, 2.75) is 6.92 Å². The number of rotatable bonds is 5. The zero-order valence-electron chi connectivity index (χ0n) is 15.2. The van der Waals surface area contributed by atoms with Gasteiger partial charge in [-0.1, -0.05) is 52.0 Å². The highest BCUT2D eigenvalue weighted by Gasteiger charge is 2.23. The summed E-state index contributed by atoms with van der Waals surface area (Å²) in [5.41, 5.74) is 1.17. The van der Waals surface area contributed by atoms with Crippen LogP contribution in [-0.4, -0.2) is 34.6 Å². The summed E-state index contributed by atoms with van der Waals surface area (Å²) in [6, 6.07) is 12.6. The molecular formula is C20H17BrN2O3S2. The highest BCUT2D eigenvalue weighted by atomic mass is 79.9. The van der Waals surface area contributed by atoms with E-state index in [0.717, 1.165) is 4.47 Å². The van der Waals surface area contributed by atoms with Crippen molar-refractivity contribution in [1.29, 1.82) is 0 Å². The fourth-order valence-electron chi connectivity index (χ4n) is 2.49. The van der Waals surface area contributed by atoms with E-state index in [1.165, 1.54) is 11.8 Å². The van der Waals surface area contributed by atoms with Crippen molar-refractivity contribution in [3.63, 3.8) is 0 Å². The summed E-state index contributed by atoms with van der Waals surface area (Å²) in [5, 5.41) is 2.60. The Kier molecular flexibility index (Phi) is 6.53. The maximum atomic E-state index is 12.6. The smallest absolute Gasteiger partial charge is 0.263 e. The summed E-state index contributed by atoms with van der Waals surface area (Å²) in [4.78, 5) is 26.8. The third kappa shape index (κ3) is 4.63. The molecule has 0 atom stereocenters. The molecule has 8 heteroatoms. The molecule has 0 aliphatic carbocycles. The van der Waals surface area contributed by atoms with E-state index < -0.39 is 0 Å². The number of carbonyl (C=O) groups excluding carboxylic acids is 2. The lowest BCUT2D eigenvalue weighted by atomic mass is 10.1. The number of para-hydroxylation sites is 1. The van der Waals surface area contributed by atoms with Crippen molar-refractivity contribution in [1.82, 2.24) is 10.2 Å². The van der Waals surface area contributed by atoms with E-state index in [4.69, 9.17) is 17.0 Å². The van der Waals surface area contributed by atoms with E-state index in [2.05, 4.69) is 21.2 Å². The van der Waals surface area contributed by atoms with Gasteiger partial charge in [0, 0.05) is 23.6 Å². The number of thiocarbonyl (C=S) groups is 1. The molecule has 0 spiro atoms. The van der Waals surface area contributed by atoms with Gasteiger partial charge in [0.1, 0.15) is 15.8 Å². The van der Waals surface area contributed by atoms with Gasteiger partial charge in [0.25, 0.3) is 11.8 Å². The maximum Gasteiger partial charge on any atom is 0.263 e. The SMILES string of the molecule is CCN(C)C(=O)c1ccccc1Oc1ccc(Br)cc1C=C1SC(=S)NC1=O. The molecule has 0 unspecified atom stereocenters. The molecule has 2 aromatic rings. The molecule has 0 radical (unpaired) electrons. The molecule has 144 valence electrons. The Morgan fingerprint density at radius 2 is 2.04 bits per heavy atom. The van der Waals surface area contributed by atoms with E-state index in [9.17, 15) is 9.59 Å². The minimum absolute atomic E-state index is 0.119. The number of thioether (sulfide) groups is 1. The molecule has 2 aromatic carbocycles. The van der Waals surface area contributed by atoms with Gasteiger partial charge in [-0.05, 0) is 43.3 Å². The van der Waals surface area contributed by atoms with Crippen LogP contribution >= 0.6 is 39.9 Å². The maximum absolute atomic E-state index is 12.6. The van der Waals surface area contributed by atoms with Gasteiger partial charge in [0.15, 0.2) is 0 Å². The van der Waals surface area contributed by atoms with Crippen molar-refractivity contribution in [2.24, 2.45) is 0 Å². The normalized spacial score (nSPS) is 14.9. The molecule has 0 aromatic heterocycles. The van der Waals surface area contributed by atoms with Gasteiger partial charge in [-0.25, -0.2) is 0 Å². The first-order valence-electron chi connectivity index (χ1n) is 8.45. The number of amides is 2. The molecular weight excluding hydrogens is 460 g/mol. The van der Waals surface area contributed by atoms with E-state index in [-0.39, 0.29) is 11.8 Å². The lowest BCUT2D eigenvalue weighted by molar-refractivity contribution is -0.115. The van der Waals surface area contributed by atoms with Crippen LogP contribution in [0, 0.1) is 0 Å². The predicted octanol–water partition coefficient (Wildman–Crippen LogP) is 4.82. The van der Waals surface area contributed by atoms with Crippen LogP contribution in [0.4, 0.5) is 0 Å². The number of nitrogens with one attached hydrogen (secondary N) is 1. The fraction of sp³-hybridized carbons (Fsp3) is 0.150. The van der Waals surface area contributed by atoms with Crippen LogP contribution in [0.3, 0.4) is 0 Å². The molecule has 1 fully saturated rings. The van der Waals surface area contributed by atoms with Crippen LogP contribution in [-0.2, 0) is 4.79 Å². The molecule has 1 aliphatic heterocycles. The minimum atomic E-state index is -0.235. The molecule has 1 N–H and O–H groups in total. The van der Waals surface area contributed by atoms with E-state index in [1.54, 1.807) is 42.3 Å². The zero-order chi connectivity index (χ0) is 20.3. The second-order valence-electron chi connectivity index (χ2n) is 5.95. The Labute approximate surface area is 181 Å². The quantitative estimate of drug-likeness (QED) is 0.494. The lowest BCUT2D eigenvalue weighted by Crippen LogP contribution is -2.26. The monoisotopic (exact) mass is 476 g/mol. The minimum Gasteiger partial charge on any atom is -0.456 e. The second-order valence-corrected chi connectivity index (χ2v) is 8.59. The number of nitrogens with zero attached hydrogens (tertiary/aromatic N) is 1. The highest BCUT2D eigenvalue weighted by molar-refractivity contribution is 9.10. The molecule has 1 heterocycles. The number of benzene rings is 2.